The highest BCUT2D eigenvalue weighted by atomic mass is 35.5. The van der Waals surface area contributed by atoms with Gasteiger partial charge in [-0.15, -0.1) is 0 Å². The van der Waals surface area contributed by atoms with Crippen molar-refractivity contribution in [2.75, 3.05) is 18.8 Å². The Bertz CT molecular complexity index is 434. The van der Waals surface area contributed by atoms with Gasteiger partial charge in [-0.25, -0.2) is 0 Å². The standard InChI is InChI=1S/C15H23ClN2O/c1-10(2)8-18(9-11(3)4)15(19)12-6-5-7-13(16)14(12)17/h5-7,10-11H,8-9,17H2,1-4H3. The molecule has 1 rings (SSSR count). The summed E-state index contributed by atoms with van der Waals surface area (Å²) >= 11 is 5.98. The van der Waals surface area contributed by atoms with Crippen molar-refractivity contribution < 1.29 is 4.79 Å². The van der Waals surface area contributed by atoms with Crippen molar-refractivity contribution in [1.29, 1.82) is 0 Å². The minimum atomic E-state index is -0.0394. The van der Waals surface area contributed by atoms with E-state index >= 15 is 0 Å². The fraction of sp³-hybridized carbons (Fsp3) is 0.533. The van der Waals surface area contributed by atoms with Crippen LogP contribution in [0, 0.1) is 11.8 Å². The Morgan fingerprint density at radius 3 is 2.21 bits per heavy atom. The zero-order valence-corrected chi connectivity index (χ0v) is 12.9. The van der Waals surface area contributed by atoms with Crippen LogP contribution in [-0.4, -0.2) is 23.9 Å². The molecule has 0 aromatic heterocycles. The Morgan fingerprint density at radius 1 is 1.21 bits per heavy atom. The van der Waals surface area contributed by atoms with Gasteiger partial charge < -0.3 is 10.6 Å². The number of nitrogens with two attached hydrogens (primary N) is 1. The van der Waals surface area contributed by atoms with E-state index in [-0.39, 0.29) is 5.91 Å². The maximum atomic E-state index is 12.6. The molecular formula is C15H23ClN2O. The summed E-state index contributed by atoms with van der Waals surface area (Å²) in [5, 5.41) is 0.430. The van der Waals surface area contributed by atoms with Crippen LogP contribution < -0.4 is 5.73 Å². The van der Waals surface area contributed by atoms with Gasteiger partial charge in [0.2, 0.25) is 0 Å². The third-order valence-electron chi connectivity index (χ3n) is 2.74. The van der Waals surface area contributed by atoms with E-state index in [1.165, 1.54) is 0 Å². The van der Waals surface area contributed by atoms with Gasteiger partial charge in [0.15, 0.2) is 0 Å². The first-order valence-electron chi connectivity index (χ1n) is 6.66. The van der Waals surface area contributed by atoms with Crippen LogP contribution in [0.2, 0.25) is 5.02 Å². The number of amides is 1. The van der Waals surface area contributed by atoms with Crippen LogP contribution in [0.5, 0.6) is 0 Å². The van der Waals surface area contributed by atoms with Crippen molar-refractivity contribution >= 4 is 23.2 Å². The second kappa shape index (κ2) is 6.80. The molecule has 0 aliphatic rings. The largest absolute Gasteiger partial charge is 0.397 e. The van der Waals surface area contributed by atoms with Gasteiger partial charge in [0, 0.05) is 13.1 Å². The molecule has 0 saturated carbocycles. The van der Waals surface area contributed by atoms with Crippen LogP contribution in [-0.2, 0) is 0 Å². The van der Waals surface area contributed by atoms with Crippen molar-refractivity contribution in [3.8, 4) is 0 Å². The summed E-state index contributed by atoms with van der Waals surface area (Å²) in [7, 11) is 0. The second-order valence-electron chi connectivity index (χ2n) is 5.70. The number of rotatable bonds is 5. The van der Waals surface area contributed by atoms with Crippen LogP contribution in [0.15, 0.2) is 18.2 Å². The second-order valence-corrected chi connectivity index (χ2v) is 6.11. The number of nitrogens with zero attached hydrogens (tertiary/aromatic N) is 1. The van der Waals surface area contributed by atoms with E-state index < -0.39 is 0 Å². The SMILES string of the molecule is CC(C)CN(CC(C)C)C(=O)c1cccc(Cl)c1N. The molecule has 1 amide bonds. The van der Waals surface area contributed by atoms with Crippen LogP contribution in [0.1, 0.15) is 38.1 Å². The third-order valence-corrected chi connectivity index (χ3v) is 3.07. The van der Waals surface area contributed by atoms with Gasteiger partial charge in [-0.05, 0) is 24.0 Å². The molecular weight excluding hydrogens is 260 g/mol. The van der Waals surface area contributed by atoms with Crippen molar-refractivity contribution in [1.82, 2.24) is 4.90 Å². The first-order chi connectivity index (χ1) is 8.82. The lowest BCUT2D eigenvalue weighted by atomic mass is 10.1. The molecule has 106 valence electrons. The minimum Gasteiger partial charge on any atom is -0.397 e. The Hall–Kier alpha value is -1.22. The normalized spacial score (nSPS) is 11.1. The number of benzene rings is 1. The van der Waals surface area contributed by atoms with E-state index in [2.05, 4.69) is 27.7 Å². The summed E-state index contributed by atoms with van der Waals surface area (Å²) in [6, 6.07) is 5.19. The molecule has 3 nitrogen and oxygen atoms in total. The maximum absolute atomic E-state index is 12.6. The molecule has 0 spiro atoms. The monoisotopic (exact) mass is 282 g/mol. The highest BCUT2D eigenvalue weighted by molar-refractivity contribution is 6.33. The van der Waals surface area contributed by atoms with Crippen molar-refractivity contribution in [3.63, 3.8) is 0 Å². The molecule has 0 bridgehead atoms. The molecule has 0 heterocycles. The quantitative estimate of drug-likeness (QED) is 0.838. The number of hydrogen-bond acceptors (Lipinski definition) is 2. The molecule has 0 radical (unpaired) electrons. The fourth-order valence-electron chi connectivity index (χ4n) is 2.02. The van der Waals surface area contributed by atoms with Gasteiger partial charge >= 0.3 is 0 Å². The molecule has 1 aromatic rings. The molecule has 1 aromatic carbocycles. The van der Waals surface area contributed by atoms with E-state index in [0.717, 1.165) is 13.1 Å². The zero-order valence-electron chi connectivity index (χ0n) is 12.1. The molecule has 0 fully saturated rings. The highest BCUT2D eigenvalue weighted by Crippen LogP contribution is 2.24. The van der Waals surface area contributed by atoms with Gasteiger partial charge in [-0.2, -0.15) is 0 Å². The van der Waals surface area contributed by atoms with Crippen LogP contribution in [0.3, 0.4) is 0 Å². The average Bonchev–Trinajstić information content (AvgIpc) is 2.30. The Balaban J connectivity index is 3.01. The first kappa shape index (κ1) is 15.8. The number of halogens is 1. The van der Waals surface area contributed by atoms with Crippen molar-refractivity contribution in [2.45, 2.75) is 27.7 Å². The summed E-state index contributed by atoms with van der Waals surface area (Å²) in [6.45, 7) is 9.85. The van der Waals surface area contributed by atoms with E-state index in [0.29, 0.717) is 28.1 Å². The Morgan fingerprint density at radius 2 is 1.74 bits per heavy atom. The number of nitrogen functional groups attached to an aromatic ring is 1. The molecule has 0 aliphatic heterocycles. The average molecular weight is 283 g/mol. The van der Waals surface area contributed by atoms with Crippen LogP contribution >= 0.6 is 11.6 Å². The number of carbonyl (C=O) groups is 1. The Kier molecular flexibility index (Phi) is 5.67. The lowest BCUT2D eigenvalue weighted by Gasteiger charge is -2.27. The van der Waals surface area contributed by atoms with Crippen molar-refractivity contribution in [2.24, 2.45) is 11.8 Å². The topological polar surface area (TPSA) is 46.3 Å². The molecule has 0 unspecified atom stereocenters. The zero-order chi connectivity index (χ0) is 14.6. The number of carbonyl (C=O) groups excluding carboxylic acids is 1. The van der Waals surface area contributed by atoms with Gasteiger partial charge in [0.1, 0.15) is 0 Å². The molecule has 2 N–H and O–H groups in total. The summed E-state index contributed by atoms with van der Waals surface area (Å²) < 4.78 is 0. The summed E-state index contributed by atoms with van der Waals surface area (Å²) in [5.41, 5.74) is 6.77. The maximum Gasteiger partial charge on any atom is 0.256 e. The molecule has 0 atom stereocenters. The first-order valence-corrected chi connectivity index (χ1v) is 7.04. The van der Waals surface area contributed by atoms with Gasteiger partial charge in [0.25, 0.3) is 5.91 Å². The summed E-state index contributed by atoms with van der Waals surface area (Å²) in [5.74, 6) is 0.800. The fourth-order valence-corrected chi connectivity index (χ4v) is 2.19. The van der Waals surface area contributed by atoms with E-state index in [1.807, 2.05) is 4.90 Å². The summed E-state index contributed by atoms with van der Waals surface area (Å²) in [6.07, 6.45) is 0. The lowest BCUT2D eigenvalue weighted by molar-refractivity contribution is 0.0716. The Labute approximate surface area is 120 Å². The van der Waals surface area contributed by atoms with Crippen molar-refractivity contribution in [3.05, 3.63) is 28.8 Å². The predicted molar refractivity (Wildman–Crippen MR) is 81.4 cm³/mol. The predicted octanol–water partition coefficient (Wildman–Crippen LogP) is 3.68. The van der Waals surface area contributed by atoms with E-state index in [9.17, 15) is 4.79 Å². The van der Waals surface area contributed by atoms with E-state index in [4.69, 9.17) is 17.3 Å². The highest BCUT2D eigenvalue weighted by Gasteiger charge is 2.20. The number of anilines is 1. The molecule has 4 heteroatoms. The minimum absolute atomic E-state index is 0.0394. The summed E-state index contributed by atoms with van der Waals surface area (Å²) in [4.78, 5) is 14.4. The van der Waals surface area contributed by atoms with Gasteiger partial charge in [-0.1, -0.05) is 45.4 Å². The van der Waals surface area contributed by atoms with Crippen LogP contribution in [0.25, 0.3) is 0 Å². The smallest absolute Gasteiger partial charge is 0.256 e. The van der Waals surface area contributed by atoms with Gasteiger partial charge in [0.05, 0.1) is 16.3 Å². The lowest BCUT2D eigenvalue weighted by Crippen LogP contribution is -2.37. The number of hydrogen-bond donors (Lipinski definition) is 1. The molecule has 0 aliphatic carbocycles. The molecule has 0 saturated heterocycles. The van der Waals surface area contributed by atoms with E-state index in [1.54, 1.807) is 18.2 Å². The number of para-hydroxylation sites is 1. The molecule has 19 heavy (non-hydrogen) atoms. The third kappa shape index (κ3) is 4.43. The van der Waals surface area contributed by atoms with Crippen LogP contribution in [0.4, 0.5) is 5.69 Å². The van der Waals surface area contributed by atoms with Gasteiger partial charge in [-0.3, -0.25) is 4.79 Å².